The van der Waals surface area contributed by atoms with Gasteiger partial charge in [-0.05, 0) is 59.4 Å². The summed E-state index contributed by atoms with van der Waals surface area (Å²) in [6.07, 6.45) is 2.56. The topological polar surface area (TPSA) is 54.5 Å². The predicted octanol–water partition coefficient (Wildman–Crippen LogP) is 4.40. The van der Waals surface area contributed by atoms with Gasteiger partial charge >= 0.3 is 0 Å². The second-order valence-corrected chi connectivity index (χ2v) is 8.14. The van der Waals surface area contributed by atoms with E-state index >= 15 is 0 Å². The third kappa shape index (κ3) is 4.80. The fourth-order valence-electron chi connectivity index (χ4n) is 3.07. The van der Waals surface area contributed by atoms with E-state index in [1.807, 2.05) is 11.4 Å². The number of aromatic nitrogens is 1. The highest BCUT2D eigenvalue weighted by molar-refractivity contribution is 9.10. The molecular weight excluding hydrogens is 402 g/mol. The van der Waals surface area contributed by atoms with Crippen LogP contribution in [0.5, 0.6) is 5.75 Å². The Balaban J connectivity index is 1.64. The monoisotopic (exact) mass is 423 g/mol. The fourth-order valence-corrected chi connectivity index (χ4v) is 4.19. The van der Waals surface area contributed by atoms with Gasteiger partial charge in [-0.2, -0.15) is 0 Å². The first kappa shape index (κ1) is 18.4. The highest BCUT2D eigenvalue weighted by Gasteiger charge is 2.18. The molecule has 25 heavy (non-hydrogen) atoms. The second-order valence-electron chi connectivity index (χ2n) is 6.43. The average molecular weight is 424 g/mol. The van der Waals surface area contributed by atoms with Gasteiger partial charge in [-0.15, -0.1) is 11.3 Å². The summed E-state index contributed by atoms with van der Waals surface area (Å²) in [6.45, 7) is 5.39. The van der Waals surface area contributed by atoms with Crippen LogP contribution in [0.25, 0.3) is 0 Å². The Morgan fingerprint density at radius 1 is 1.52 bits per heavy atom. The van der Waals surface area contributed by atoms with Gasteiger partial charge in [0.1, 0.15) is 5.75 Å². The van der Waals surface area contributed by atoms with Gasteiger partial charge in [0.2, 0.25) is 0 Å². The summed E-state index contributed by atoms with van der Waals surface area (Å²) in [5.41, 5.74) is 1.54. The minimum atomic E-state index is -0.196. The largest absolute Gasteiger partial charge is 0.497 e. The molecule has 0 bridgehead atoms. The van der Waals surface area contributed by atoms with Crippen LogP contribution in [-0.2, 0) is 6.54 Å². The number of ether oxygens (including phenoxy) is 1. The van der Waals surface area contributed by atoms with Crippen molar-refractivity contribution in [2.45, 2.75) is 26.3 Å². The van der Waals surface area contributed by atoms with Gasteiger partial charge in [-0.1, -0.05) is 6.92 Å². The molecule has 5 nitrogen and oxygen atoms in total. The van der Waals surface area contributed by atoms with Crippen molar-refractivity contribution in [1.29, 1.82) is 0 Å². The lowest BCUT2D eigenvalue weighted by Crippen LogP contribution is -2.33. The van der Waals surface area contributed by atoms with Crippen LogP contribution >= 0.6 is 27.3 Å². The van der Waals surface area contributed by atoms with Crippen LogP contribution in [0.3, 0.4) is 0 Å². The van der Waals surface area contributed by atoms with Gasteiger partial charge in [0.25, 0.3) is 5.91 Å². The number of piperidine rings is 1. The standard InChI is InChI=1S/C18H22BrN3O2S/c1-12-4-3-7-22(9-12)10-13-11-25-18(20-13)21-17(23)15-8-14(24-2)5-6-16(15)19/h5-6,8,11-12H,3-4,7,9-10H2,1-2H3,(H,20,21,23). The number of hydrogen-bond acceptors (Lipinski definition) is 5. The van der Waals surface area contributed by atoms with Crippen LogP contribution in [0.2, 0.25) is 0 Å². The van der Waals surface area contributed by atoms with Gasteiger partial charge in [0.05, 0.1) is 18.4 Å². The first-order valence-corrected chi connectivity index (χ1v) is 10.0. The normalized spacial score (nSPS) is 18.1. The summed E-state index contributed by atoms with van der Waals surface area (Å²) in [5, 5.41) is 5.53. The molecule has 1 unspecified atom stereocenters. The SMILES string of the molecule is COc1ccc(Br)c(C(=O)Nc2nc(CN3CCCC(C)C3)cs2)c1. The smallest absolute Gasteiger partial charge is 0.258 e. The number of amides is 1. The number of thiazole rings is 1. The Morgan fingerprint density at radius 3 is 3.12 bits per heavy atom. The molecule has 0 aliphatic carbocycles. The molecule has 0 radical (unpaired) electrons. The maximum absolute atomic E-state index is 12.5. The lowest BCUT2D eigenvalue weighted by atomic mass is 10.0. The number of carbonyl (C=O) groups excluding carboxylic acids is 1. The van der Waals surface area contributed by atoms with Gasteiger partial charge in [-0.3, -0.25) is 15.0 Å². The highest BCUT2D eigenvalue weighted by atomic mass is 79.9. The minimum absolute atomic E-state index is 0.196. The van der Waals surface area contributed by atoms with Gasteiger partial charge in [-0.25, -0.2) is 4.98 Å². The number of likely N-dealkylation sites (tertiary alicyclic amines) is 1. The number of benzene rings is 1. The van der Waals surface area contributed by atoms with Gasteiger partial charge < -0.3 is 4.74 Å². The zero-order valence-corrected chi connectivity index (χ0v) is 16.8. The maximum atomic E-state index is 12.5. The molecule has 1 aliphatic heterocycles. The van der Waals surface area contributed by atoms with Crippen LogP contribution in [0.1, 0.15) is 35.8 Å². The molecule has 3 rings (SSSR count). The Bertz CT molecular complexity index is 750. The molecule has 1 N–H and O–H groups in total. The molecule has 0 saturated carbocycles. The van der Waals surface area contributed by atoms with E-state index < -0.39 is 0 Å². The van der Waals surface area contributed by atoms with Gasteiger partial charge in [0.15, 0.2) is 5.13 Å². The number of carbonyl (C=O) groups is 1. The lowest BCUT2D eigenvalue weighted by Gasteiger charge is -2.30. The van der Waals surface area contributed by atoms with Crippen molar-refractivity contribution in [3.63, 3.8) is 0 Å². The van der Waals surface area contributed by atoms with Crippen LogP contribution in [0, 0.1) is 5.92 Å². The summed E-state index contributed by atoms with van der Waals surface area (Å²) < 4.78 is 5.91. The summed E-state index contributed by atoms with van der Waals surface area (Å²) in [4.78, 5) is 19.5. The average Bonchev–Trinajstić information content (AvgIpc) is 3.02. The second kappa shape index (κ2) is 8.29. The minimum Gasteiger partial charge on any atom is -0.497 e. The highest BCUT2D eigenvalue weighted by Crippen LogP contribution is 2.25. The number of hydrogen-bond donors (Lipinski definition) is 1. The molecule has 1 atom stereocenters. The van der Waals surface area contributed by atoms with Crippen molar-refractivity contribution in [1.82, 2.24) is 9.88 Å². The summed E-state index contributed by atoms with van der Waals surface area (Å²) in [7, 11) is 1.58. The quantitative estimate of drug-likeness (QED) is 0.773. The molecule has 1 fully saturated rings. The molecule has 134 valence electrons. The van der Waals surface area contributed by atoms with E-state index in [2.05, 4.69) is 38.1 Å². The molecular formula is C18H22BrN3O2S. The molecule has 1 saturated heterocycles. The Kier molecular flexibility index (Phi) is 6.09. The van der Waals surface area contributed by atoms with E-state index in [4.69, 9.17) is 4.74 Å². The molecule has 2 heterocycles. The van der Waals surface area contributed by atoms with Crippen LogP contribution in [0.4, 0.5) is 5.13 Å². The van der Waals surface area contributed by atoms with E-state index in [1.54, 1.807) is 19.2 Å². The van der Waals surface area contributed by atoms with E-state index in [9.17, 15) is 4.79 Å². The molecule has 1 amide bonds. The summed E-state index contributed by atoms with van der Waals surface area (Å²) >= 11 is 4.87. The zero-order chi connectivity index (χ0) is 17.8. The van der Waals surface area contributed by atoms with Gasteiger partial charge in [0, 0.05) is 22.9 Å². The van der Waals surface area contributed by atoms with Crippen LogP contribution in [-0.4, -0.2) is 36.0 Å². The van der Waals surface area contributed by atoms with E-state index in [-0.39, 0.29) is 5.91 Å². The molecule has 1 aromatic heterocycles. The maximum Gasteiger partial charge on any atom is 0.258 e. The molecule has 1 aromatic carbocycles. The summed E-state index contributed by atoms with van der Waals surface area (Å²) in [6, 6.07) is 5.32. The number of methoxy groups -OCH3 is 1. The van der Waals surface area contributed by atoms with Crippen LogP contribution < -0.4 is 10.1 Å². The van der Waals surface area contributed by atoms with E-state index in [0.717, 1.165) is 35.7 Å². The third-order valence-corrected chi connectivity index (χ3v) is 5.82. The van der Waals surface area contributed by atoms with Crippen molar-refractivity contribution >= 4 is 38.3 Å². The van der Waals surface area contributed by atoms with E-state index in [1.165, 1.54) is 24.2 Å². The van der Waals surface area contributed by atoms with Crippen molar-refractivity contribution in [3.05, 3.63) is 39.3 Å². The zero-order valence-electron chi connectivity index (χ0n) is 14.4. The third-order valence-electron chi connectivity index (χ3n) is 4.32. The Morgan fingerprint density at radius 2 is 2.36 bits per heavy atom. The first-order chi connectivity index (χ1) is 12.0. The number of nitrogens with one attached hydrogen (secondary N) is 1. The number of halogens is 1. The lowest BCUT2D eigenvalue weighted by molar-refractivity contribution is 0.102. The fraction of sp³-hybridized carbons (Fsp3) is 0.444. The molecule has 0 spiro atoms. The first-order valence-electron chi connectivity index (χ1n) is 8.37. The van der Waals surface area contributed by atoms with Crippen LogP contribution in [0.15, 0.2) is 28.1 Å². The number of nitrogens with zero attached hydrogens (tertiary/aromatic N) is 2. The number of anilines is 1. The summed E-state index contributed by atoms with van der Waals surface area (Å²) in [5.74, 6) is 1.20. The molecule has 7 heteroatoms. The predicted molar refractivity (Wildman–Crippen MR) is 104 cm³/mol. The van der Waals surface area contributed by atoms with Crippen molar-refractivity contribution in [3.8, 4) is 5.75 Å². The van der Waals surface area contributed by atoms with Crippen molar-refractivity contribution < 1.29 is 9.53 Å². The Labute approximate surface area is 160 Å². The number of rotatable bonds is 5. The Hall–Kier alpha value is -1.44. The van der Waals surface area contributed by atoms with Crippen molar-refractivity contribution in [2.75, 3.05) is 25.5 Å². The molecule has 2 aromatic rings. The van der Waals surface area contributed by atoms with E-state index in [0.29, 0.717) is 16.4 Å². The van der Waals surface area contributed by atoms with Crippen molar-refractivity contribution in [2.24, 2.45) is 5.92 Å². The molecule has 1 aliphatic rings.